The van der Waals surface area contributed by atoms with Crippen molar-refractivity contribution in [2.75, 3.05) is 18.4 Å². The van der Waals surface area contributed by atoms with Gasteiger partial charge in [-0.1, -0.05) is 39.8 Å². The molecule has 0 atom stereocenters. The Morgan fingerprint density at radius 1 is 1.29 bits per heavy atom. The number of anilines is 1. The van der Waals surface area contributed by atoms with E-state index in [2.05, 4.69) is 41.6 Å². The molecule has 1 amide bonds. The average Bonchev–Trinajstić information content (AvgIpc) is 2.43. The molecule has 0 unspecified atom stereocenters. The van der Waals surface area contributed by atoms with Gasteiger partial charge in [0, 0.05) is 18.2 Å². The number of amides is 1. The molecule has 116 valence electrons. The van der Waals surface area contributed by atoms with Crippen LogP contribution in [0.4, 0.5) is 5.69 Å². The van der Waals surface area contributed by atoms with Crippen LogP contribution in [0.25, 0.3) is 0 Å². The average molecular weight is 290 g/mol. The van der Waals surface area contributed by atoms with Crippen LogP contribution in [0, 0.1) is 5.92 Å². The third kappa shape index (κ3) is 6.29. The lowest BCUT2D eigenvalue weighted by atomic mass is 10.0. The number of hydrogen-bond donors (Lipinski definition) is 3. The van der Waals surface area contributed by atoms with Gasteiger partial charge in [0.05, 0.1) is 6.54 Å². The highest BCUT2D eigenvalue weighted by Gasteiger charge is 2.04. The number of rotatable bonds is 6. The van der Waals surface area contributed by atoms with Crippen LogP contribution in [0.2, 0.25) is 0 Å². The molecule has 5 nitrogen and oxygen atoms in total. The standard InChI is InChI=1S/C16H26N4O/c1-11(2)13-6-5-7-14(10-13)20-16(17)19-9-8-18-15(21)12(3)4/h5-7,10-12H,8-9H2,1-4H3,(H,18,21)(H3,17,19,20). The van der Waals surface area contributed by atoms with Crippen molar-refractivity contribution in [2.24, 2.45) is 16.6 Å². The van der Waals surface area contributed by atoms with E-state index in [0.29, 0.717) is 25.0 Å². The molecular weight excluding hydrogens is 264 g/mol. The highest BCUT2D eigenvalue weighted by atomic mass is 16.1. The zero-order valence-electron chi connectivity index (χ0n) is 13.3. The summed E-state index contributed by atoms with van der Waals surface area (Å²) in [6.45, 7) is 8.96. The van der Waals surface area contributed by atoms with Crippen LogP contribution >= 0.6 is 0 Å². The van der Waals surface area contributed by atoms with Crippen LogP contribution in [-0.4, -0.2) is 25.0 Å². The summed E-state index contributed by atoms with van der Waals surface area (Å²) in [6, 6.07) is 8.10. The van der Waals surface area contributed by atoms with E-state index < -0.39 is 0 Å². The van der Waals surface area contributed by atoms with Gasteiger partial charge >= 0.3 is 0 Å². The normalized spacial score (nSPS) is 11.8. The van der Waals surface area contributed by atoms with Gasteiger partial charge in [0.2, 0.25) is 5.91 Å². The second-order valence-corrected chi connectivity index (χ2v) is 5.62. The first-order valence-electron chi connectivity index (χ1n) is 7.34. The molecule has 0 saturated heterocycles. The fourth-order valence-corrected chi connectivity index (χ4v) is 1.72. The van der Waals surface area contributed by atoms with Crippen LogP contribution in [0.15, 0.2) is 29.3 Å². The van der Waals surface area contributed by atoms with Gasteiger partial charge in [-0.15, -0.1) is 0 Å². The van der Waals surface area contributed by atoms with Gasteiger partial charge in [-0.2, -0.15) is 0 Å². The van der Waals surface area contributed by atoms with Crippen molar-refractivity contribution in [1.82, 2.24) is 5.32 Å². The molecule has 0 heterocycles. The number of nitrogens with one attached hydrogen (secondary N) is 2. The van der Waals surface area contributed by atoms with E-state index in [9.17, 15) is 4.79 Å². The van der Waals surface area contributed by atoms with Crippen molar-refractivity contribution in [1.29, 1.82) is 0 Å². The first-order chi connectivity index (χ1) is 9.90. The predicted octanol–water partition coefficient (Wildman–Crippen LogP) is 2.31. The molecule has 1 aromatic rings. The molecule has 0 aromatic heterocycles. The molecule has 4 N–H and O–H groups in total. The summed E-state index contributed by atoms with van der Waals surface area (Å²) in [5.41, 5.74) is 8.01. The number of nitrogens with zero attached hydrogens (tertiary/aromatic N) is 1. The van der Waals surface area contributed by atoms with E-state index in [4.69, 9.17) is 5.73 Å². The molecule has 0 bridgehead atoms. The molecule has 1 rings (SSSR count). The zero-order chi connectivity index (χ0) is 15.8. The summed E-state index contributed by atoms with van der Waals surface area (Å²) in [4.78, 5) is 15.6. The van der Waals surface area contributed by atoms with Crippen LogP contribution in [0.5, 0.6) is 0 Å². The summed E-state index contributed by atoms with van der Waals surface area (Å²) >= 11 is 0. The maximum Gasteiger partial charge on any atom is 0.222 e. The maximum absolute atomic E-state index is 11.4. The van der Waals surface area contributed by atoms with E-state index in [1.54, 1.807) is 0 Å². The summed E-state index contributed by atoms with van der Waals surface area (Å²) in [6.07, 6.45) is 0. The predicted molar refractivity (Wildman–Crippen MR) is 88.5 cm³/mol. The molecule has 0 aliphatic carbocycles. The minimum absolute atomic E-state index is 0.0109. The minimum atomic E-state index is -0.0109. The third-order valence-electron chi connectivity index (χ3n) is 3.04. The van der Waals surface area contributed by atoms with Gasteiger partial charge < -0.3 is 16.4 Å². The number of aliphatic imine (C=N–C) groups is 1. The van der Waals surface area contributed by atoms with Gasteiger partial charge in [-0.05, 0) is 23.6 Å². The lowest BCUT2D eigenvalue weighted by molar-refractivity contribution is -0.123. The highest BCUT2D eigenvalue weighted by Crippen LogP contribution is 2.18. The summed E-state index contributed by atoms with van der Waals surface area (Å²) in [7, 11) is 0. The lowest BCUT2D eigenvalue weighted by Gasteiger charge is -2.10. The number of carbonyl (C=O) groups excluding carboxylic acids is 1. The van der Waals surface area contributed by atoms with Gasteiger partial charge in [0.1, 0.15) is 0 Å². The van der Waals surface area contributed by atoms with Gasteiger partial charge in [0.15, 0.2) is 5.96 Å². The van der Waals surface area contributed by atoms with Crippen LogP contribution in [0.1, 0.15) is 39.2 Å². The Labute approximate surface area is 127 Å². The minimum Gasteiger partial charge on any atom is -0.370 e. The van der Waals surface area contributed by atoms with Crippen LogP contribution in [0.3, 0.4) is 0 Å². The quantitative estimate of drug-likeness (QED) is 0.427. The number of guanidine groups is 1. The fraction of sp³-hybridized carbons (Fsp3) is 0.500. The van der Waals surface area contributed by atoms with Crippen LogP contribution in [-0.2, 0) is 4.79 Å². The molecule has 0 aliphatic rings. The zero-order valence-corrected chi connectivity index (χ0v) is 13.3. The Kier molecular flexibility index (Phi) is 6.72. The lowest BCUT2D eigenvalue weighted by Crippen LogP contribution is -2.31. The third-order valence-corrected chi connectivity index (χ3v) is 3.04. The monoisotopic (exact) mass is 290 g/mol. The molecule has 0 radical (unpaired) electrons. The Hall–Kier alpha value is -2.04. The first kappa shape index (κ1) is 17.0. The van der Waals surface area contributed by atoms with Crippen molar-refractivity contribution in [3.63, 3.8) is 0 Å². The summed E-state index contributed by atoms with van der Waals surface area (Å²) in [5, 5.41) is 5.86. The Balaban J connectivity index is 2.45. The highest BCUT2D eigenvalue weighted by molar-refractivity contribution is 5.92. The number of hydrogen-bond acceptors (Lipinski definition) is 2. The molecular formula is C16H26N4O. The molecule has 1 aromatic carbocycles. The molecule has 0 saturated carbocycles. The van der Waals surface area contributed by atoms with E-state index >= 15 is 0 Å². The van der Waals surface area contributed by atoms with E-state index in [0.717, 1.165) is 5.69 Å². The summed E-state index contributed by atoms with van der Waals surface area (Å²) < 4.78 is 0. The first-order valence-corrected chi connectivity index (χ1v) is 7.34. The molecule has 0 fully saturated rings. The smallest absolute Gasteiger partial charge is 0.222 e. The largest absolute Gasteiger partial charge is 0.370 e. The van der Waals surface area contributed by atoms with Gasteiger partial charge in [-0.3, -0.25) is 9.79 Å². The second-order valence-electron chi connectivity index (χ2n) is 5.62. The number of benzene rings is 1. The van der Waals surface area contributed by atoms with Crippen molar-refractivity contribution in [3.8, 4) is 0 Å². The fourth-order valence-electron chi connectivity index (χ4n) is 1.72. The van der Waals surface area contributed by atoms with E-state index in [-0.39, 0.29) is 11.8 Å². The maximum atomic E-state index is 11.4. The van der Waals surface area contributed by atoms with Crippen molar-refractivity contribution in [2.45, 2.75) is 33.6 Å². The Morgan fingerprint density at radius 2 is 2.00 bits per heavy atom. The summed E-state index contributed by atoms with van der Waals surface area (Å²) in [5.74, 6) is 0.843. The number of carbonyl (C=O) groups is 1. The molecule has 21 heavy (non-hydrogen) atoms. The molecule has 0 aliphatic heterocycles. The number of nitrogens with two attached hydrogens (primary N) is 1. The molecule has 5 heteroatoms. The SMILES string of the molecule is CC(C)C(=O)NCCN=C(N)Nc1cccc(C(C)C)c1. The van der Waals surface area contributed by atoms with E-state index in [1.807, 2.05) is 26.0 Å². The molecule has 0 spiro atoms. The second kappa shape index (κ2) is 8.29. The van der Waals surface area contributed by atoms with Crippen molar-refractivity contribution >= 4 is 17.6 Å². The Morgan fingerprint density at radius 3 is 2.62 bits per heavy atom. The van der Waals surface area contributed by atoms with Crippen molar-refractivity contribution in [3.05, 3.63) is 29.8 Å². The van der Waals surface area contributed by atoms with Gasteiger partial charge in [0.25, 0.3) is 0 Å². The van der Waals surface area contributed by atoms with Crippen molar-refractivity contribution < 1.29 is 4.79 Å². The Bertz CT molecular complexity index is 495. The van der Waals surface area contributed by atoms with Gasteiger partial charge in [-0.25, -0.2) is 0 Å². The van der Waals surface area contributed by atoms with E-state index in [1.165, 1.54) is 5.56 Å². The topological polar surface area (TPSA) is 79.5 Å². The van der Waals surface area contributed by atoms with Crippen LogP contribution < -0.4 is 16.4 Å².